The molecule has 0 fully saturated rings. The quantitative estimate of drug-likeness (QED) is 0.864. The van der Waals surface area contributed by atoms with E-state index in [1.807, 2.05) is 6.07 Å². The molecule has 0 radical (unpaired) electrons. The molecule has 4 nitrogen and oxygen atoms in total. The second-order valence-corrected chi connectivity index (χ2v) is 5.20. The van der Waals surface area contributed by atoms with Gasteiger partial charge in [0.1, 0.15) is 0 Å². The van der Waals surface area contributed by atoms with Crippen molar-refractivity contribution in [1.29, 1.82) is 0 Å². The van der Waals surface area contributed by atoms with E-state index in [1.165, 1.54) is 11.1 Å². The lowest BCUT2D eigenvalue weighted by atomic mass is 10.0. The molecule has 1 atom stereocenters. The summed E-state index contributed by atoms with van der Waals surface area (Å²) in [7, 11) is 0. The van der Waals surface area contributed by atoms with Gasteiger partial charge in [0.2, 0.25) is 0 Å². The summed E-state index contributed by atoms with van der Waals surface area (Å²) in [6.45, 7) is 5.87. The van der Waals surface area contributed by atoms with Crippen LogP contribution in [0.4, 0.5) is 5.82 Å². The maximum atomic E-state index is 11.5. The van der Waals surface area contributed by atoms with E-state index in [-0.39, 0.29) is 5.91 Å². The van der Waals surface area contributed by atoms with Crippen LogP contribution in [0.25, 0.3) is 11.1 Å². The van der Waals surface area contributed by atoms with Crippen molar-refractivity contribution in [3.8, 4) is 16.9 Å². The summed E-state index contributed by atoms with van der Waals surface area (Å²) in [5.74, 6) is 0.944. The molecule has 20 heavy (non-hydrogen) atoms. The standard InChI is InChI=1S/C16H16N2O2/c1-9-4-10(2)6-12(5-9)13-7-14-15(17-8-13)18-16(19)11(3)20-14/h4-8,11H,1-3H3,(H,17,18,19). The molecule has 1 aromatic carbocycles. The van der Waals surface area contributed by atoms with Gasteiger partial charge < -0.3 is 10.1 Å². The number of nitrogens with zero attached hydrogens (tertiary/aromatic N) is 1. The van der Waals surface area contributed by atoms with Crippen LogP contribution in [0.3, 0.4) is 0 Å². The Kier molecular flexibility index (Phi) is 2.93. The zero-order valence-electron chi connectivity index (χ0n) is 11.7. The second kappa shape index (κ2) is 4.63. The summed E-state index contributed by atoms with van der Waals surface area (Å²) in [5, 5.41) is 2.74. The fourth-order valence-electron chi connectivity index (χ4n) is 2.39. The summed E-state index contributed by atoms with van der Waals surface area (Å²) in [5.41, 5.74) is 4.51. The molecule has 0 aliphatic carbocycles. The molecule has 1 N–H and O–H groups in total. The smallest absolute Gasteiger partial charge is 0.266 e. The Morgan fingerprint density at radius 2 is 1.80 bits per heavy atom. The van der Waals surface area contributed by atoms with Crippen LogP contribution in [-0.4, -0.2) is 17.0 Å². The van der Waals surface area contributed by atoms with Crippen LogP contribution < -0.4 is 10.1 Å². The number of amides is 1. The van der Waals surface area contributed by atoms with Gasteiger partial charge in [-0.05, 0) is 32.4 Å². The molecule has 0 saturated carbocycles. The molecule has 0 saturated heterocycles. The minimum Gasteiger partial charge on any atom is -0.477 e. The number of carbonyl (C=O) groups is 1. The summed E-state index contributed by atoms with van der Waals surface area (Å²) >= 11 is 0. The van der Waals surface area contributed by atoms with Gasteiger partial charge >= 0.3 is 0 Å². The summed E-state index contributed by atoms with van der Waals surface area (Å²) in [6.07, 6.45) is 1.27. The Hall–Kier alpha value is -2.36. The number of nitrogens with one attached hydrogen (secondary N) is 1. The number of pyridine rings is 1. The van der Waals surface area contributed by atoms with E-state index in [0.717, 1.165) is 11.1 Å². The molecule has 1 amide bonds. The zero-order valence-corrected chi connectivity index (χ0v) is 11.7. The molecule has 2 heterocycles. The summed E-state index contributed by atoms with van der Waals surface area (Å²) < 4.78 is 5.59. The van der Waals surface area contributed by atoms with Crippen LogP contribution in [0.5, 0.6) is 5.75 Å². The van der Waals surface area contributed by atoms with Crippen molar-refractivity contribution in [3.63, 3.8) is 0 Å². The van der Waals surface area contributed by atoms with E-state index in [9.17, 15) is 4.79 Å². The van der Waals surface area contributed by atoms with E-state index >= 15 is 0 Å². The van der Waals surface area contributed by atoms with Crippen LogP contribution in [-0.2, 0) is 4.79 Å². The van der Waals surface area contributed by atoms with Crippen molar-refractivity contribution in [3.05, 3.63) is 41.6 Å². The van der Waals surface area contributed by atoms with Gasteiger partial charge in [0, 0.05) is 11.8 Å². The van der Waals surface area contributed by atoms with Gasteiger partial charge in [-0.15, -0.1) is 0 Å². The fraction of sp³-hybridized carbons (Fsp3) is 0.250. The molecule has 3 rings (SSSR count). The average Bonchev–Trinajstić information content (AvgIpc) is 2.38. The van der Waals surface area contributed by atoms with Gasteiger partial charge in [0.05, 0.1) is 0 Å². The number of hydrogen-bond acceptors (Lipinski definition) is 3. The molecule has 2 aromatic rings. The van der Waals surface area contributed by atoms with Gasteiger partial charge in [-0.25, -0.2) is 4.98 Å². The predicted molar refractivity (Wildman–Crippen MR) is 77.9 cm³/mol. The highest BCUT2D eigenvalue weighted by molar-refractivity contribution is 5.96. The Morgan fingerprint density at radius 3 is 2.50 bits per heavy atom. The Labute approximate surface area is 117 Å². The van der Waals surface area contributed by atoms with E-state index in [2.05, 4.69) is 42.3 Å². The lowest BCUT2D eigenvalue weighted by Crippen LogP contribution is -2.34. The van der Waals surface area contributed by atoms with Crippen molar-refractivity contribution >= 4 is 11.7 Å². The van der Waals surface area contributed by atoms with Crippen LogP contribution in [0, 0.1) is 13.8 Å². The molecular formula is C16H16N2O2. The van der Waals surface area contributed by atoms with Crippen LogP contribution in [0.2, 0.25) is 0 Å². The van der Waals surface area contributed by atoms with Crippen molar-refractivity contribution in [1.82, 2.24) is 4.98 Å². The normalized spacial score (nSPS) is 17.1. The molecule has 0 spiro atoms. The third-order valence-electron chi connectivity index (χ3n) is 3.32. The lowest BCUT2D eigenvalue weighted by Gasteiger charge is -2.22. The first kappa shape index (κ1) is 12.7. The van der Waals surface area contributed by atoms with Crippen molar-refractivity contribution in [2.24, 2.45) is 0 Å². The number of anilines is 1. The van der Waals surface area contributed by atoms with Crippen molar-refractivity contribution in [2.45, 2.75) is 26.9 Å². The van der Waals surface area contributed by atoms with Gasteiger partial charge in [-0.1, -0.05) is 29.3 Å². The molecule has 102 valence electrons. The molecule has 4 heteroatoms. The fourth-order valence-corrected chi connectivity index (χ4v) is 2.39. The molecule has 1 aliphatic heterocycles. The Morgan fingerprint density at radius 1 is 1.10 bits per heavy atom. The SMILES string of the molecule is Cc1cc(C)cc(-c2cnc3c(c2)OC(C)C(=O)N3)c1. The third-order valence-corrected chi connectivity index (χ3v) is 3.32. The molecular weight excluding hydrogens is 252 g/mol. The van der Waals surface area contributed by atoms with E-state index in [4.69, 9.17) is 4.74 Å². The number of fused-ring (bicyclic) bond motifs is 1. The van der Waals surface area contributed by atoms with Crippen molar-refractivity contribution < 1.29 is 9.53 Å². The number of carbonyl (C=O) groups excluding carboxylic acids is 1. The van der Waals surface area contributed by atoms with E-state index < -0.39 is 6.10 Å². The van der Waals surface area contributed by atoms with Crippen molar-refractivity contribution in [2.75, 3.05) is 5.32 Å². The summed E-state index contributed by atoms with van der Waals surface area (Å²) in [6, 6.07) is 8.28. The number of aromatic nitrogens is 1. The van der Waals surface area contributed by atoms with Gasteiger partial charge in [0.15, 0.2) is 17.7 Å². The van der Waals surface area contributed by atoms with Gasteiger partial charge in [0.25, 0.3) is 5.91 Å². The maximum Gasteiger partial charge on any atom is 0.266 e. The average molecular weight is 268 g/mol. The highest BCUT2D eigenvalue weighted by Crippen LogP contribution is 2.32. The molecule has 1 aliphatic rings. The molecule has 1 unspecified atom stereocenters. The summed E-state index contributed by atoms with van der Waals surface area (Å²) in [4.78, 5) is 15.8. The van der Waals surface area contributed by atoms with Crippen LogP contribution >= 0.6 is 0 Å². The van der Waals surface area contributed by atoms with E-state index in [0.29, 0.717) is 11.6 Å². The number of ether oxygens (including phenoxy) is 1. The molecule has 1 aromatic heterocycles. The number of rotatable bonds is 1. The monoisotopic (exact) mass is 268 g/mol. The van der Waals surface area contributed by atoms with Gasteiger partial charge in [-0.2, -0.15) is 0 Å². The lowest BCUT2D eigenvalue weighted by molar-refractivity contribution is -0.122. The minimum absolute atomic E-state index is 0.163. The first-order valence-electron chi connectivity index (χ1n) is 6.59. The number of benzene rings is 1. The number of hydrogen-bond donors (Lipinski definition) is 1. The first-order chi connectivity index (χ1) is 9.52. The minimum atomic E-state index is -0.487. The third kappa shape index (κ3) is 2.25. The predicted octanol–water partition coefficient (Wildman–Crippen LogP) is 3.08. The van der Waals surface area contributed by atoms with Gasteiger partial charge in [-0.3, -0.25) is 4.79 Å². The topological polar surface area (TPSA) is 51.2 Å². The van der Waals surface area contributed by atoms with Crippen LogP contribution in [0.1, 0.15) is 18.1 Å². The highest BCUT2D eigenvalue weighted by atomic mass is 16.5. The number of aryl methyl sites for hydroxylation is 2. The van der Waals surface area contributed by atoms with Crippen LogP contribution in [0.15, 0.2) is 30.5 Å². The Bertz CT molecular complexity index is 675. The maximum absolute atomic E-state index is 11.5. The second-order valence-electron chi connectivity index (χ2n) is 5.20. The molecule has 0 bridgehead atoms. The first-order valence-corrected chi connectivity index (χ1v) is 6.59. The Balaban J connectivity index is 2.04. The largest absolute Gasteiger partial charge is 0.477 e. The van der Waals surface area contributed by atoms with E-state index in [1.54, 1.807) is 13.1 Å². The zero-order chi connectivity index (χ0) is 14.3. The highest BCUT2D eigenvalue weighted by Gasteiger charge is 2.24.